The van der Waals surface area contributed by atoms with E-state index in [1.807, 2.05) is 6.92 Å². The third-order valence-corrected chi connectivity index (χ3v) is 9.75. The number of carbonyl (C=O) groups excluding carboxylic acids is 2. The second kappa shape index (κ2) is 16.0. The topological polar surface area (TPSA) is 347 Å². The predicted octanol–water partition coefficient (Wildman–Crippen LogP) is -1.19. The molecular formula is C22H38N7O16P3. The molecule has 10 N–H and O–H groups in total. The van der Waals surface area contributed by atoms with Gasteiger partial charge in [-0.1, -0.05) is 20.8 Å². The zero-order chi connectivity index (χ0) is 36.1. The van der Waals surface area contributed by atoms with Crippen molar-refractivity contribution in [1.82, 2.24) is 30.2 Å². The summed E-state index contributed by atoms with van der Waals surface area (Å²) in [6, 6.07) is 0. The van der Waals surface area contributed by atoms with Crippen molar-refractivity contribution in [2.24, 2.45) is 5.41 Å². The molecule has 272 valence electrons. The summed E-state index contributed by atoms with van der Waals surface area (Å²) in [6.45, 7) is 2.77. The van der Waals surface area contributed by atoms with Gasteiger partial charge in [0.1, 0.15) is 36.3 Å². The van der Waals surface area contributed by atoms with E-state index in [4.69, 9.17) is 19.5 Å². The number of aromatic nitrogens is 4. The summed E-state index contributed by atoms with van der Waals surface area (Å²) in [5, 5.41) is 26.2. The van der Waals surface area contributed by atoms with Crippen LogP contribution in [0.25, 0.3) is 11.2 Å². The Bertz CT molecular complexity index is 1590. The minimum absolute atomic E-state index is 0.0343. The van der Waals surface area contributed by atoms with Crippen LogP contribution in [0.4, 0.5) is 5.82 Å². The van der Waals surface area contributed by atoms with Gasteiger partial charge in [-0.3, -0.25) is 27.7 Å². The number of phosphoric ester groups is 3. The molecule has 1 fully saturated rings. The van der Waals surface area contributed by atoms with E-state index in [2.05, 4.69) is 34.4 Å². The van der Waals surface area contributed by atoms with E-state index < -0.39 is 78.6 Å². The summed E-state index contributed by atoms with van der Waals surface area (Å²) < 4.78 is 61.7. The number of hydrogen-bond donors (Lipinski definition) is 9. The highest BCUT2D eigenvalue weighted by atomic mass is 31.3. The van der Waals surface area contributed by atoms with Crippen molar-refractivity contribution in [3.63, 3.8) is 0 Å². The number of fused-ring (bicyclic) bond motifs is 1. The number of nitrogen functional groups attached to an aromatic ring is 1. The molecule has 48 heavy (non-hydrogen) atoms. The van der Waals surface area contributed by atoms with Gasteiger partial charge >= 0.3 is 23.5 Å². The zero-order valence-electron chi connectivity index (χ0n) is 25.8. The molecule has 7 atom stereocenters. The molecule has 3 heterocycles. The second-order valence-electron chi connectivity index (χ2n) is 11.1. The summed E-state index contributed by atoms with van der Waals surface area (Å²) >= 11 is 0. The van der Waals surface area contributed by atoms with Gasteiger partial charge in [-0.2, -0.15) is 4.31 Å². The summed E-state index contributed by atoms with van der Waals surface area (Å²) in [5.41, 5.74) is 4.32. The van der Waals surface area contributed by atoms with Crippen LogP contribution in [0.5, 0.6) is 0 Å². The number of amides is 2. The molecule has 1 aliphatic rings. The highest BCUT2D eigenvalue weighted by Gasteiger charge is 2.50. The van der Waals surface area contributed by atoms with Crippen molar-refractivity contribution in [2.45, 2.75) is 64.3 Å². The van der Waals surface area contributed by atoms with E-state index >= 15 is 0 Å². The SMILES string of the molecule is CCCNC(=O)CCNC(=O)C(O)C(C)(C)COP(=O)(O)OP(=O)(O)OC[C@H]1O[C@@H](n2cnc3c(N)ncnc32)[C@H](O)[C@@H]1OP(=O)(O)O. The molecule has 0 bridgehead atoms. The van der Waals surface area contributed by atoms with Crippen LogP contribution in [0.15, 0.2) is 12.7 Å². The number of aliphatic hydroxyl groups excluding tert-OH is 2. The maximum Gasteiger partial charge on any atom is 0.481 e. The first-order chi connectivity index (χ1) is 22.2. The van der Waals surface area contributed by atoms with Gasteiger partial charge < -0.3 is 50.9 Å². The highest BCUT2D eigenvalue weighted by Crippen LogP contribution is 2.61. The first kappa shape index (κ1) is 40.0. The Labute approximate surface area is 272 Å². The van der Waals surface area contributed by atoms with Crippen LogP contribution in [0.2, 0.25) is 0 Å². The third-order valence-electron chi connectivity index (χ3n) is 6.65. The number of rotatable bonds is 18. The van der Waals surface area contributed by atoms with Crippen molar-refractivity contribution in [3.8, 4) is 0 Å². The standard InChI is InChI=1S/C22H38N7O16P3/c1-4-6-24-13(30)5-7-25-20(33)17(32)22(2,3)9-42-48(39,40)45-47(37,38)41-8-12-16(44-46(34,35)36)15(31)21(43-12)29-11-28-14-18(23)26-10-27-19(14)29/h10-12,15-17,21,31-32H,4-9H2,1-3H3,(H,24,30)(H,25,33)(H,37,38)(H,39,40)(H2,23,26,27)(H2,34,35,36)/t12-,15-,16-,17?,21-/m1/s1. The highest BCUT2D eigenvalue weighted by molar-refractivity contribution is 7.61. The molecule has 0 aromatic carbocycles. The molecule has 3 rings (SSSR count). The van der Waals surface area contributed by atoms with Crippen LogP contribution in [0.1, 0.15) is 39.8 Å². The van der Waals surface area contributed by atoms with Gasteiger partial charge in [-0.15, -0.1) is 0 Å². The van der Waals surface area contributed by atoms with Crippen LogP contribution >= 0.6 is 23.5 Å². The number of aliphatic hydroxyl groups is 2. The molecule has 0 aliphatic carbocycles. The number of nitrogens with zero attached hydrogens (tertiary/aromatic N) is 4. The maximum absolute atomic E-state index is 12.6. The number of imidazole rings is 1. The minimum atomic E-state index is -5.53. The van der Waals surface area contributed by atoms with E-state index in [1.165, 1.54) is 13.8 Å². The van der Waals surface area contributed by atoms with Crippen LogP contribution in [0, 0.1) is 5.41 Å². The number of carbonyl (C=O) groups is 2. The third kappa shape index (κ3) is 11.0. The van der Waals surface area contributed by atoms with Gasteiger partial charge in [0.05, 0.1) is 19.5 Å². The second-order valence-corrected chi connectivity index (χ2v) is 15.3. The van der Waals surface area contributed by atoms with Gasteiger partial charge in [0, 0.05) is 24.9 Å². The Kier molecular flexibility index (Phi) is 13.4. The fourth-order valence-electron chi connectivity index (χ4n) is 4.20. The van der Waals surface area contributed by atoms with Gasteiger partial charge in [0.2, 0.25) is 11.8 Å². The Morgan fingerprint density at radius 2 is 1.75 bits per heavy atom. The summed E-state index contributed by atoms with van der Waals surface area (Å²) in [4.78, 5) is 74.7. The smallest absolute Gasteiger partial charge is 0.386 e. The van der Waals surface area contributed by atoms with Crippen molar-refractivity contribution in [1.29, 1.82) is 0 Å². The molecule has 0 saturated carbocycles. The van der Waals surface area contributed by atoms with Gasteiger partial charge in [-0.25, -0.2) is 28.6 Å². The van der Waals surface area contributed by atoms with E-state index in [0.717, 1.165) is 17.2 Å². The molecule has 2 amide bonds. The van der Waals surface area contributed by atoms with Crippen molar-refractivity contribution >= 4 is 52.3 Å². The average molecular weight is 750 g/mol. The molecule has 0 spiro atoms. The number of anilines is 1. The lowest BCUT2D eigenvalue weighted by molar-refractivity contribution is -0.137. The van der Waals surface area contributed by atoms with Crippen LogP contribution in [-0.2, 0) is 45.9 Å². The monoisotopic (exact) mass is 749 g/mol. The van der Waals surface area contributed by atoms with Crippen LogP contribution in [0.3, 0.4) is 0 Å². The predicted molar refractivity (Wildman–Crippen MR) is 160 cm³/mol. The molecule has 26 heteroatoms. The first-order valence-electron chi connectivity index (χ1n) is 14.1. The molecule has 0 radical (unpaired) electrons. The number of nitrogens with two attached hydrogens (primary N) is 1. The Hall–Kier alpha value is -2.46. The summed E-state index contributed by atoms with van der Waals surface area (Å²) in [6.07, 6.45) is -5.96. The fraction of sp³-hybridized carbons (Fsp3) is 0.682. The lowest BCUT2D eigenvalue weighted by Gasteiger charge is -2.30. The quantitative estimate of drug-likeness (QED) is 0.0809. The number of nitrogens with one attached hydrogen (secondary N) is 2. The van der Waals surface area contributed by atoms with Crippen molar-refractivity contribution in [2.75, 3.05) is 32.0 Å². The first-order valence-corrected chi connectivity index (χ1v) is 18.6. The van der Waals surface area contributed by atoms with Gasteiger partial charge in [0.25, 0.3) is 0 Å². The molecule has 1 saturated heterocycles. The molecular weight excluding hydrogens is 711 g/mol. The van der Waals surface area contributed by atoms with Gasteiger partial charge in [-0.05, 0) is 6.42 Å². The normalized spacial score (nSPS) is 23.4. The Balaban J connectivity index is 1.61. The minimum Gasteiger partial charge on any atom is -0.386 e. The van der Waals surface area contributed by atoms with E-state index in [1.54, 1.807) is 0 Å². The molecule has 23 nitrogen and oxygen atoms in total. The lowest BCUT2D eigenvalue weighted by Crippen LogP contribution is -2.46. The number of hydrogen-bond acceptors (Lipinski definition) is 16. The summed E-state index contributed by atoms with van der Waals surface area (Å²) in [7, 11) is -16.3. The zero-order valence-corrected chi connectivity index (χ0v) is 28.4. The molecule has 1 aliphatic heterocycles. The van der Waals surface area contributed by atoms with E-state index in [-0.39, 0.29) is 35.9 Å². The molecule has 2 aromatic rings. The maximum atomic E-state index is 12.6. The van der Waals surface area contributed by atoms with E-state index in [9.17, 15) is 53.1 Å². The summed E-state index contributed by atoms with van der Waals surface area (Å²) in [5.74, 6) is -1.29. The number of ether oxygens (including phenoxy) is 1. The average Bonchev–Trinajstić information content (AvgIpc) is 3.54. The van der Waals surface area contributed by atoms with Crippen molar-refractivity contribution < 1.29 is 75.7 Å². The Morgan fingerprint density at radius 3 is 2.40 bits per heavy atom. The number of phosphoric acid groups is 3. The van der Waals surface area contributed by atoms with Gasteiger partial charge in [0.15, 0.2) is 17.7 Å². The Morgan fingerprint density at radius 1 is 1.08 bits per heavy atom. The lowest BCUT2D eigenvalue weighted by atomic mass is 9.87. The largest absolute Gasteiger partial charge is 0.481 e. The van der Waals surface area contributed by atoms with E-state index in [0.29, 0.717) is 13.0 Å². The van der Waals surface area contributed by atoms with Crippen LogP contribution in [-0.4, -0.2) is 112 Å². The fourth-order valence-corrected chi connectivity index (χ4v) is 7.03. The van der Waals surface area contributed by atoms with Crippen LogP contribution < -0.4 is 16.4 Å². The molecule has 2 aromatic heterocycles. The van der Waals surface area contributed by atoms with Crippen molar-refractivity contribution in [3.05, 3.63) is 12.7 Å². The molecule has 3 unspecified atom stereocenters.